The predicted molar refractivity (Wildman–Crippen MR) is 83.3 cm³/mol. The molecule has 0 bridgehead atoms. The Hall–Kier alpha value is -1.02. The van der Waals surface area contributed by atoms with E-state index in [-0.39, 0.29) is 0 Å². The number of hydrogen-bond acceptors (Lipinski definition) is 2. The molecule has 1 aromatic rings. The van der Waals surface area contributed by atoms with E-state index < -0.39 is 0 Å². The van der Waals surface area contributed by atoms with Gasteiger partial charge in [-0.3, -0.25) is 0 Å². The monoisotopic (exact) mass is 273 g/mol. The van der Waals surface area contributed by atoms with Crippen molar-refractivity contribution in [2.75, 3.05) is 13.7 Å². The van der Waals surface area contributed by atoms with E-state index in [1.807, 2.05) is 0 Å². The van der Waals surface area contributed by atoms with Gasteiger partial charge in [-0.05, 0) is 56.2 Å². The molecule has 0 aromatic heterocycles. The second-order valence-electron chi connectivity index (χ2n) is 6.40. The summed E-state index contributed by atoms with van der Waals surface area (Å²) in [6, 6.07) is 9.28. The quantitative estimate of drug-likeness (QED) is 0.891. The topological polar surface area (TPSA) is 21.3 Å². The minimum atomic E-state index is 0.666. The molecule has 0 saturated heterocycles. The van der Waals surface area contributed by atoms with Crippen LogP contribution >= 0.6 is 0 Å². The Bertz CT molecular complexity index is 425. The first kappa shape index (κ1) is 13.9. The maximum absolute atomic E-state index is 5.79. The third-order valence-corrected chi connectivity index (χ3v) is 5.21. The summed E-state index contributed by atoms with van der Waals surface area (Å²) < 4.78 is 5.79. The van der Waals surface area contributed by atoms with E-state index in [1.165, 1.54) is 50.5 Å². The highest BCUT2D eigenvalue weighted by Crippen LogP contribution is 2.38. The average Bonchev–Trinajstić information content (AvgIpc) is 2.53. The first-order valence-electron chi connectivity index (χ1n) is 8.27. The lowest BCUT2D eigenvalue weighted by Crippen LogP contribution is -2.36. The molecule has 2 heteroatoms. The van der Waals surface area contributed by atoms with Crippen LogP contribution in [0.1, 0.15) is 56.4 Å². The summed E-state index contributed by atoms with van der Waals surface area (Å²) in [6.07, 6.45) is 9.55. The number of rotatable bonds is 4. The molecule has 110 valence electrons. The van der Waals surface area contributed by atoms with Gasteiger partial charge in [-0.15, -0.1) is 0 Å². The molecule has 1 heterocycles. The highest BCUT2D eigenvalue weighted by atomic mass is 16.5. The summed E-state index contributed by atoms with van der Waals surface area (Å²) in [6.45, 7) is 0.878. The van der Waals surface area contributed by atoms with Gasteiger partial charge in [0.15, 0.2) is 0 Å². The molecule has 1 aliphatic heterocycles. The summed E-state index contributed by atoms with van der Waals surface area (Å²) in [5.74, 6) is 2.66. The normalized spacial score (nSPS) is 24.8. The molecular formula is C18H27NO. The highest BCUT2D eigenvalue weighted by Gasteiger charge is 2.28. The van der Waals surface area contributed by atoms with Crippen LogP contribution in [0.2, 0.25) is 0 Å². The fraction of sp³-hybridized carbons (Fsp3) is 0.667. The van der Waals surface area contributed by atoms with Crippen LogP contribution in [0, 0.1) is 5.92 Å². The van der Waals surface area contributed by atoms with E-state index in [1.54, 1.807) is 0 Å². The number of ether oxygens (including phenoxy) is 1. The van der Waals surface area contributed by atoms with Crippen molar-refractivity contribution >= 4 is 0 Å². The van der Waals surface area contributed by atoms with E-state index in [0.29, 0.717) is 12.0 Å². The second-order valence-corrected chi connectivity index (χ2v) is 6.40. The molecule has 2 nitrogen and oxygen atoms in total. The number of benzene rings is 1. The Labute approximate surface area is 122 Å². The van der Waals surface area contributed by atoms with Gasteiger partial charge < -0.3 is 10.1 Å². The molecule has 2 aliphatic rings. The van der Waals surface area contributed by atoms with Gasteiger partial charge in [0.2, 0.25) is 0 Å². The van der Waals surface area contributed by atoms with Crippen molar-refractivity contribution in [3.63, 3.8) is 0 Å². The molecular weight excluding hydrogens is 246 g/mol. The van der Waals surface area contributed by atoms with Crippen molar-refractivity contribution in [3.05, 3.63) is 29.8 Å². The van der Waals surface area contributed by atoms with Crippen LogP contribution < -0.4 is 10.1 Å². The molecule has 1 aromatic carbocycles. The van der Waals surface area contributed by atoms with E-state index in [0.717, 1.165) is 18.3 Å². The zero-order valence-electron chi connectivity index (χ0n) is 12.6. The van der Waals surface area contributed by atoms with Crippen LogP contribution in [-0.2, 0) is 0 Å². The van der Waals surface area contributed by atoms with Crippen LogP contribution in [0.25, 0.3) is 0 Å². The molecule has 0 spiro atoms. The lowest BCUT2D eigenvalue weighted by Gasteiger charge is -2.34. The Morgan fingerprint density at radius 2 is 1.95 bits per heavy atom. The Kier molecular flexibility index (Phi) is 4.62. The number of fused-ring (bicyclic) bond motifs is 1. The minimum absolute atomic E-state index is 0.666. The largest absolute Gasteiger partial charge is 0.493 e. The fourth-order valence-electron chi connectivity index (χ4n) is 4.05. The van der Waals surface area contributed by atoms with Crippen LogP contribution in [0.15, 0.2) is 24.3 Å². The molecule has 1 saturated carbocycles. The maximum Gasteiger partial charge on any atom is 0.122 e. The number of para-hydroxylation sites is 1. The maximum atomic E-state index is 5.79. The zero-order chi connectivity index (χ0) is 13.8. The summed E-state index contributed by atoms with van der Waals surface area (Å²) in [4.78, 5) is 0. The SMILES string of the molecule is CNC(CC1CCOc2ccccc21)C1CCCCC1. The predicted octanol–water partition coefficient (Wildman–Crippen LogP) is 4.11. The van der Waals surface area contributed by atoms with E-state index in [4.69, 9.17) is 4.74 Å². The van der Waals surface area contributed by atoms with Crippen molar-refractivity contribution in [2.45, 2.75) is 56.9 Å². The smallest absolute Gasteiger partial charge is 0.122 e. The van der Waals surface area contributed by atoms with Crippen molar-refractivity contribution in [1.29, 1.82) is 0 Å². The van der Waals surface area contributed by atoms with Crippen LogP contribution in [0.3, 0.4) is 0 Å². The minimum Gasteiger partial charge on any atom is -0.493 e. The van der Waals surface area contributed by atoms with Gasteiger partial charge in [0.05, 0.1) is 6.61 Å². The first-order valence-corrected chi connectivity index (χ1v) is 8.27. The van der Waals surface area contributed by atoms with E-state index in [2.05, 4.69) is 36.6 Å². The van der Waals surface area contributed by atoms with Crippen molar-refractivity contribution in [2.24, 2.45) is 5.92 Å². The summed E-state index contributed by atoms with van der Waals surface area (Å²) >= 11 is 0. The van der Waals surface area contributed by atoms with Gasteiger partial charge in [0, 0.05) is 6.04 Å². The standard InChI is InChI=1S/C18H27NO/c1-19-17(14-7-3-2-4-8-14)13-15-11-12-20-18-10-6-5-9-16(15)18/h5-6,9-10,14-15,17,19H,2-4,7-8,11-13H2,1H3. The Morgan fingerprint density at radius 1 is 1.15 bits per heavy atom. The Balaban J connectivity index is 1.70. The van der Waals surface area contributed by atoms with Crippen LogP contribution in [0.4, 0.5) is 0 Å². The molecule has 2 atom stereocenters. The van der Waals surface area contributed by atoms with E-state index >= 15 is 0 Å². The zero-order valence-corrected chi connectivity index (χ0v) is 12.6. The molecule has 1 aliphatic carbocycles. The molecule has 1 fully saturated rings. The molecule has 2 unspecified atom stereocenters. The number of hydrogen-bond donors (Lipinski definition) is 1. The second kappa shape index (κ2) is 6.62. The molecule has 0 amide bonds. The van der Waals surface area contributed by atoms with Crippen molar-refractivity contribution in [1.82, 2.24) is 5.32 Å². The van der Waals surface area contributed by atoms with Gasteiger partial charge in [0.25, 0.3) is 0 Å². The van der Waals surface area contributed by atoms with Gasteiger partial charge in [0.1, 0.15) is 5.75 Å². The average molecular weight is 273 g/mol. The molecule has 1 N–H and O–H groups in total. The van der Waals surface area contributed by atoms with Crippen LogP contribution in [-0.4, -0.2) is 19.7 Å². The Morgan fingerprint density at radius 3 is 2.75 bits per heavy atom. The lowest BCUT2D eigenvalue weighted by atomic mass is 9.78. The lowest BCUT2D eigenvalue weighted by molar-refractivity contribution is 0.223. The first-order chi connectivity index (χ1) is 9.88. The van der Waals surface area contributed by atoms with Gasteiger partial charge in [-0.1, -0.05) is 37.5 Å². The van der Waals surface area contributed by atoms with Crippen molar-refractivity contribution < 1.29 is 4.74 Å². The number of nitrogens with one attached hydrogen (secondary N) is 1. The highest BCUT2D eigenvalue weighted by molar-refractivity contribution is 5.37. The molecule has 0 radical (unpaired) electrons. The van der Waals surface area contributed by atoms with Crippen molar-refractivity contribution in [3.8, 4) is 5.75 Å². The summed E-state index contributed by atoms with van der Waals surface area (Å²) in [5.41, 5.74) is 1.43. The van der Waals surface area contributed by atoms with Gasteiger partial charge >= 0.3 is 0 Å². The van der Waals surface area contributed by atoms with E-state index in [9.17, 15) is 0 Å². The molecule has 3 rings (SSSR count). The third kappa shape index (κ3) is 3.01. The third-order valence-electron chi connectivity index (χ3n) is 5.21. The fourth-order valence-corrected chi connectivity index (χ4v) is 4.05. The van der Waals surface area contributed by atoms with Gasteiger partial charge in [-0.25, -0.2) is 0 Å². The molecule has 20 heavy (non-hydrogen) atoms. The van der Waals surface area contributed by atoms with Gasteiger partial charge in [-0.2, -0.15) is 0 Å². The summed E-state index contributed by atoms with van der Waals surface area (Å²) in [5, 5.41) is 3.61. The summed E-state index contributed by atoms with van der Waals surface area (Å²) in [7, 11) is 2.14. The van der Waals surface area contributed by atoms with Crippen LogP contribution in [0.5, 0.6) is 5.75 Å².